The zero-order chi connectivity index (χ0) is 13.7. The molecule has 0 aliphatic carbocycles. The molecule has 0 saturated heterocycles. The Bertz CT molecular complexity index is 537. The van der Waals surface area contributed by atoms with Gasteiger partial charge in [-0.15, -0.1) is 5.10 Å². The van der Waals surface area contributed by atoms with E-state index in [1.165, 1.54) is 5.56 Å². The lowest BCUT2D eigenvalue weighted by Gasteiger charge is -2.07. The summed E-state index contributed by atoms with van der Waals surface area (Å²) in [5.74, 6) is 0.895. The first-order valence-corrected chi connectivity index (χ1v) is 6.40. The lowest BCUT2D eigenvalue weighted by atomic mass is 10.2. The fourth-order valence-corrected chi connectivity index (χ4v) is 1.86. The van der Waals surface area contributed by atoms with Crippen LogP contribution >= 0.6 is 0 Å². The zero-order valence-electron chi connectivity index (χ0n) is 11.3. The average Bonchev–Trinajstić information content (AvgIpc) is 2.76. The van der Waals surface area contributed by atoms with Crippen molar-refractivity contribution in [1.29, 1.82) is 0 Å². The maximum Gasteiger partial charge on any atom is 0.119 e. The van der Waals surface area contributed by atoms with Gasteiger partial charge in [-0.2, -0.15) is 0 Å². The second kappa shape index (κ2) is 6.33. The van der Waals surface area contributed by atoms with Crippen molar-refractivity contribution in [3.8, 4) is 5.75 Å². The molecule has 2 aromatic rings. The van der Waals surface area contributed by atoms with E-state index in [0.29, 0.717) is 12.3 Å². The van der Waals surface area contributed by atoms with Crippen molar-refractivity contribution in [2.75, 3.05) is 6.61 Å². The minimum Gasteiger partial charge on any atom is -0.494 e. The lowest BCUT2D eigenvalue weighted by Crippen LogP contribution is -2.07. The summed E-state index contributed by atoms with van der Waals surface area (Å²) in [7, 11) is 0. The molecule has 0 amide bonds. The third-order valence-corrected chi connectivity index (χ3v) is 3.00. The van der Waals surface area contributed by atoms with E-state index >= 15 is 0 Å². The molecule has 0 fully saturated rings. The van der Waals surface area contributed by atoms with Gasteiger partial charge in [0.1, 0.15) is 11.4 Å². The van der Waals surface area contributed by atoms with Crippen molar-refractivity contribution in [3.05, 3.63) is 41.2 Å². The van der Waals surface area contributed by atoms with E-state index in [4.69, 9.17) is 9.84 Å². The second-order valence-electron chi connectivity index (χ2n) is 4.52. The van der Waals surface area contributed by atoms with Crippen LogP contribution in [0.4, 0.5) is 0 Å². The van der Waals surface area contributed by atoms with Crippen molar-refractivity contribution in [1.82, 2.24) is 15.0 Å². The van der Waals surface area contributed by atoms with Crippen LogP contribution in [0.1, 0.15) is 23.4 Å². The highest BCUT2D eigenvalue weighted by atomic mass is 16.5. The quantitative estimate of drug-likeness (QED) is 0.806. The Hall–Kier alpha value is -1.88. The number of aliphatic hydroxyl groups excluding tert-OH is 1. The molecule has 0 radical (unpaired) electrons. The summed E-state index contributed by atoms with van der Waals surface area (Å²) in [4.78, 5) is 0. The van der Waals surface area contributed by atoms with Crippen molar-refractivity contribution >= 4 is 0 Å². The summed E-state index contributed by atoms with van der Waals surface area (Å²) >= 11 is 0. The number of rotatable bonds is 6. The van der Waals surface area contributed by atoms with E-state index in [9.17, 15) is 0 Å². The third-order valence-electron chi connectivity index (χ3n) is 3.00. The molecule has 0 saturated carbocycles. The average molecular weight is 261 g/mol. The molecule has 19 heavy (non-hydrogen) atoms. The standard InChI is InChI=1S/C14H19N3O2/c1-11-5-3-6-13(9-11)19-8-4-7-17-12(2)14(10-18)15-16-17/h3,5-6,9,18H,4,7-8,10H2,1-2H3. The predicted molar refractivity (Wildman–Crippen MR) is 72.0 cm³/mol. The summed E-state index contributed by atoms with van der Waals surface area (Å²) in [5, 5.41) is 16.9. The molecule has 5 heteroatoms. The summed E-state index contributed by atoms with van der Waals surface area (Å²) in [5.41, 5.74) is 2.75. The van der Waals surface area contributed by atoms with Gasteiger partial charge in [-0.25, -0.2) is 4.68 Å². The highest BCUT2D eigenvalue weighted by Gasteiger charge is 2.06. The molecular formula is C14H19N3O2. The van der Waals surface area contributed by atoms with Gasteiger partial charge in [0, 0.05) is 13.0 Å². The predicted octanol–water partition coefficient (Wildman–Crippen LogP) is 1.86. The van der Waals surface area contributed by atoms with E-state index < -0.39 is 0 Å². The van der Waals surface area contributed by atoms with E-state index in [0.717, 1.165) is 24.4 Å². The number of aliphatic hydroxyl groups is 1. The van der Waals surface area contributed by atoms with Crippen molar-refractivity contribution < 1.29 is 9.84 Å². The van der Waals surface area contributed by atoms with Gasteiger partial charge in [0.25, 0.3) is 0 Å². The Balaban J connectivity index is 1.79. The molecule has 0 spiro atoms. The van der Waals surface area contributed by atoms with E-state index in [1.807, 2.05) is 38.1 Å². The molecule has 102 valence electrons. The number of aromatic nitrogens is 3. The van der Waals surface area contributed by atoms with Gasteiger partial charge >= 0.3 is 0 Å². The van der Waals surface area contributed by atoms with Gasteiger partial charge in [-0.3, -0.25) is 0 Å². The van der Waals surface area contributed by atoms with Crippen molar-refractivity contribution in [2.45, 2.75) is 33.4 Å². The topological polar surface area (TPSA) is 60.2 Å². The summed E-state index contributed by atoms with van der Waals surface area (Å²) in [6, 6.07) is 8.00. The Morgan fingerprint density at radius 3 is 2.84 bits per heavy atom. The van der Waals surface area contributed by atoms with E-state index in [1.54, 1.807) is 4.68 Å². The molecule has 0 atom stereocenters. The first-order valence-electron chi connectivity index (χ1n) is 6.40. The molecule has 1 heterocycles. The molecule has 0 aliphatic rings. The van der Waals surface area contributed by atoms with Gasteiger partial charge in [0.05, 0.1) is 18.9 Å². The minimum absolute atomic E-state index is 0.0639. The Morgan fingerprint density at radius 2 is 2.16 bits per heavy atom. The minimum atomic E-state index is -0.0639. The van der Waals surface area contributed by atoms with Crippen molar-refractivity contribution in [2.24, 2.45) is 0 Å². The van der Waals surface area contributed by atoms with Gasteiger partial charge in [0.2, 0.25) is 0 Å². The summed E-state index contributed by atoms with van der Waals surface area (Å²) < 4.78 is 7.47. The highest BCUT2D eigenvalue weighted by molar-refractivity contribution is 5.27. The zero-order valence-corrected chi connectivity index (χ0v) is 11.3. The van der Waals surface area contributed by atoms with Crippen LogP contribution in [0.2, 0.25) is 0 Å². The van der Waals surface area contributed by atoms with Crippen LogP contribution in [-0.2, 0) is 13.2 Å². The van der Waals surface area contributed by atoms with E-state index in [-0.39, 0.29) is 6.61 Å². The number of benzene rings is 1. The number of aryl methyl sites for hydroxylation is 2. The summed E-state index contributed by atoms with van der Waals surface area (Å²) in [6.07, 6.45) is 0.850. The first kappa shape index (κ1) is 13.5. The molecule has 0 bridgehead atoms. The molecule has 2 rings (SSSR count). The molecule has 1 aromatic heterocycles. The lowest BCUT2D eigenvalue weighted by molar-refractivity contribution is 0.275. The van der Waals surface area contributed by atoms with Crippen LogP contribution in [0.25, 0.3) is 0 Å². The van der Waals surface area contributed by atoms with Crippen LogP contribution in [-0.4, -0.2) is 26.7 Å². The van der Waals surface area contributed by atoms with E-state index in [2.05, 4.69) is 10.3 Å². The van der Waals surface area contributed by atoms with Crippen LogP contribution < -0.4 is 4.74 Å². The molecule has 5 nitrogen and oxygen atoms in total. The number of nitrogens with zero attached hydrogens (tertiary/aromatic N) is 3. The number of hydrogen-bond donors (Lipinski definition) is 1. The number of ether oxygens (including phenoxy) is 1. The van der Waals surface area contributed by atoms with Crippen molar-refractivity contribution in [3.63, 3.8) is 0 Å². The fraction of sp³-hybridized carbons (Fsp3) is 0.429. The normalized spacial score (nSPS) is 10.7. The van der Waals surface area contributed by atoms with Crippen LogP contribution in [0.3, 0.4) is 0 Å². The molecule has 1 aromatic carbocycles. The summed E-state index contributed by atoms with van der Waals surface area (Å²) in [6.45, 7) is 5.27. The largest absolute Gasteiger partial charge is 0.494 e. The maximum absolute atomic E-state index is 9.04. The third kappa shape index (κ3) is 3.54. The monoisotopic (exact) mass is 261 g/mol. The van der Waals surface area contributed by atoms with Gasteiger partial charge in [-0.1, -0.05) is 17.3 Å². The van der Waals surface area contributed by atoms with Crippen LogP contribution in [0, 0.1) is 13.8 Å². The molecule has 0 unspecified atom stereocenters. The molecular weight excluding hydrogens is 242 g/mol. The fourth-order valence-electron chi connectivity index (χ4n) is 1.86. The SMILES string of the molecule is Cc1cccc(OCCCn2nnc(CO)c2C)c1. The van der Waals surface area contributed by atoms with Gasteiger partial charge in [0.15, 0.2) is 0 Å². The first-order chi connectivity index (χ1) is 9.20. The Labute approximate surface area is 112 Å². The van der Waals surface area contributed by atoms with Crippen LogP contribution in [0.15, 0.2) is 24.3 Å². The Morgan fingerprint density at radius 1 is 1.32 bits per heavy atom. The highest BCUT2D eigenvalue weighted by Crippen LogP contribution is 2.12. The van der Waals surface area contributed by atoms with Gasteiger partial charge in [-0.05, 0) is 31.5 Å². The van der Waals surface area contributed by atoms with Crippen LogP contribution in [0.5, 0.6) is 5.75 Å². The smallest absolute Gasteiger partial charge is 0.119 e. The molecule has 0 aliphatic heterocycles. The number of hydrogen-bond acceptors (Lipinski definition) is 4. The Kier molecular flexibility index (Phi) is 4.52. The second-order valence-corrected chi connectivity index (χ2v) is 4.52. The molecule has 1 N–H and O–H groups in total. The van der Waals surface area contributed by atoms with Gasteiger partial charge < -0.3 is 9.84 Å². The maximum atomic E-state index is 9.04.